The highest BCUT2D eigenvalue weighted by Crippen LogP contribution is 2.28. The van der Waals surface area contributed by atoms with Gasteiger partial charge < -0.3 is 19.8 Å². The zero-order chi connectivity index (χ0) is 20.6. The van der Waals surface area contributed by atoms with Gasteiger partial charge in [-0.15, -0.1) is 0 Å². The van der Waals surface area contributed by atoms with Crippen molar-refractivity contribution in [3.8, 4) is 0 Å². The number of nitrogens with zero attached hydrogens (tertiary/aromatic N) is 5. The van der Waals surface area contributed by atoms with Crippen molar-refractivity contribution in [3.05, 3.63) is 4.91 Å². The lowest BCUT2D eigenvalue weighted by Gasteiger charge is -2.29. The van der Waals surface area contributed by atoms with Crippen molar-refractivity contribution >= 4 is 17.3 Å². The zero-order valence-corrected chi connectivity index (χ0v) is 17.7. The Labute approximate surface area is 163 Å². The van der Waals surface area contributed by atoms with E-state index in [4.69, 9.17) is 10.0 Å². The molecule has 1 rings (SSSR count). The molecule has 0 bridgehead atoms. The average molecular weight is 407 g/mol. The zero-order valence-electron chi connectivity index (χ0n) is 16.9. The molecule has 1 aliphatic rings. The van der Waals surface area contributed by atoms with Gasteiger partial charge in [-0.05, 0) is 46.8 Å². The van der Waals surface area contributed by atoms with Crippen LogP contribution in [0.1, 0.15) is 12.8 Å². The first-order valence-electron chi connectivity index (χ1n) is 9.31. The van der Waals surface area contributed by atoms with E-state index < -0.39 is 23.4 Å². The molecule has 1 aliphatic heterocycles. The summed E-state index contributed by atoms with van der Waals surface area (Å²) in [5.74, 6) is -0.194. The highest BCUT2D eigenvalue weighted by molar-refractivity contribution is 7.86. The molecule has 1 fully saturated rings. The van der Waals surface area contributed by atoms with Gasteiger partial charge in [0.15, 0.2) is 0 Å². The van der Waals surface area contributed by atoms with Gasteiger partial charge in [0.2, 0.25) is 0 Å². The summed E-state index contributed by atoms with van der Waals surface area (Å²) in [4.78, 5) is 15.1. The van der Waals surface area contributed by atoms with E-state index in [1.807, 2.05) is 38.0 Å². The normalized spacial score (nSPS) is 21.5. The molecule has 0 radical (unpaired) electrons. The summed E-state index contributed by atoms with van der Waals surface area (Å²) >= 11 is 0. The standard InChI is InChI=1S/C15H34BN5O5S/c1-18(2)8-10-20(11-9-19(3)4)27(25,26)21-12-14(15(13-21)17-24)6-5-7-16(22)23/h14-15,22-23H,5-13H2,1-4H3/t14-,15-/m0/s1. The minimum absolute atomic E-state index is 0.0820. The molecule has 1 heterocycles. The third-order valence-corrected chi connectivity index (χ3v) is 6.76. The molecular weight excluding hydrogens is 373 g/mol. The van der Waals surface area contributed by atoms with Crippen molar-refractivity contribution in [2.75, 3.05) is 67.5 Å². The number of nitroso groups, excluding NO2 is 1. The second kappa shape index (κ2) is 11.4. The van der Waals surface area contributed by atoms with E-state index in [-0.39, 0.29) is 25.3 Å². The molecule has 12 heteroatoms. The second-order valence-corrected chi connectivity index (χ2v) is 9.60. The van der Waals surface area contributed by atoms with Crippen molar-refractivity contribution in [2.24, 2.45) is 11.1 Å². The lowest BCUT2D eigenvalue weighted by Crippen LogP contribution is -2.47. The van der Waals surface area contributed by atoms with Crippen molar-refractivity contribution in [1.82, 2.24) is 18.4 Å². The van der Waals surface area contributed by atoms with Gasteiger partial charge in [0, 0.05) is 39.3 Å². The third-order valence-electron chi connectivity index (χ3n) is 4.79. The fourth-order valence-electron chi connectivity index (χ4n) is 3.10. The first kappa shape index (κ1) is 24.4. The van der Waals surface area contributed by atoms with Gasteiger partial charge >= 0.3 is 7.12 Å². The van der Waals surface area contributed by atoms with Gasteiger partial charge in [-0.25, -0.2) is 0 Å². The fraction of sp³-hybridized carbons (Fsp3) is 1.00. The predicted octanol–water partition coefficient (Wildman–Crippen LogP) is -1.02. The SMILES string of the molecule is CN(C)CCN(CCN(C)C)S(=O)(=O)N1C[C@H](CCCB(O)O)[C@@H](N=O)C1. The van der Waals surface area contributed by atoms with Crippen LogP contribution < -0.4 is 0 Å². The van der Waals surface area contributed by atoms with Crippen LogP contribution in [0.3, 0.4) is 0 Å². The molecule has 0 unspecified atom stereocenters. The van der Waals surface area contributed by atoms with E-state index in [0.29, 0.717) is 39.0 Å². The van der Waals surface area contributed by atoms with Crippen molar-refractivity contribution in [1.29, 1.82) is 0 Å². The van der Waals surface area contributed by atoms with Crippen LogP contribution in [0.5, 0.6) is 0 Å². The van der Waals surface area contributed by atoms with E-state index in [9.17, 15) is 13.3 Å². The topological polar surface area (TPSA) is 117 Å². The Morgan fingerprint density at radius 2 is 1.59 bits per heavy atom. The van der Waals surface area contributed by atoms with E-state index in [1.54, 1.807) is 0 Å². The van der Waals surface area contributed by atoms with Crippen LogP contribution in [0.15, 0.2) is 5.18 Å². The highest BCUT2D eigenvalue weighted by Gasteiger charge is 2.41. The lowest BCUT2D eigenvalue weighted by molar-refractivity contribution is 0.284. The van der Waals surface area contributed by atoms with Gasteiger partial charge in [0.1, 0.15) is 6.04 Å². The minimum atomic E-state index is -3.69. The summed E-state index contributed by atoms with van der Waals surface area (Å²) < 4.78 is 29.1. The molecule has 2 atom stereocenters. The largest absolute Gasteiger partial charge is 0.451 e. The van der Waals surface area contributed by atoms with Crippen molar-refractivity contribution in [3.63, 3.8) is 0 Å². The maximum Gasteiger partial charge on any atom is 0.451 e. The Hall–Kier alpha value is -0.625. The smallest absolute Gasteiger partial charge is 0.427 e. The number of hydrogen-bond donors (Lipinski definition) is 2. The summed E-state index contributed by atoms with van der Waals surface area (Å²) in [5, 5.41) is 21.0. The van der Waals surface area contributed by atoms with Gasteiger partial charge in [-0.1, -0.05) is 11.6 Å². The highest BCUT2D eigenvalue weighted by atomic mass is 32.2. The summed E-state index contributed by atoms with van der Waals surface area (Å²) in [6, 6.07) is -0.597. The Morgan fingerprint density at radius 1 is 1.04 bits per heavy atom. The molecule has 0 spiro atoms. The summed E-state index contributed by atoms with van der Waals surface area (Å²) in [7, 11) is 2.49. The van der Waals surface area contributed by atoms with Gasteiger partial charge in [-0.3, -0.25) is 0 Å². The molecule has 0 aliphatic carbocycles. The molecule has 2 N–H and O–H groups in total. The van der Waals surface area contributed by atoms with Crippen LogP contribution in [0, 0.1) is 10.8 Å². The van der Waals surface area contributed by atoms with Crippen molar-refractivity contribution < 1.29 is 18.5 Å². The monoisotopic (exact) mass is 407 g/mol. The first-order chi connectivity index (χ1) is 12.6. The quantitative estimate of drug-likeness (QED) is 0.296. The van der Waals surface area contributed by atoms with E-state index >= 15 is 0 Å². The van der Waals surface area contributed by atoms with Crippen LogP contribution in [-0.4, -0.2) is 117 Å². The fourth-order valence-corrected chi connectivity index (χ4v) is 4.77. The van der Waals surface area contributed by atoms with Crippen LogP contribution in [0.4, 0.5) is 0 Å². The molecule has 158 valence electrons. The Kier molecular flexibility index (Phi) is 10.3. The number of hydrogen-bond acceptors (Lipinski definition) is 8. The molecule has 27 heavy (non-hydrogen) atoms. The Morgan fingerprint density at radius 3 is 2.04 bits per heavy atom. The molecule has 0 saturated carbocycles. The molecule has 0 aromatic carbocycles. The number of likely N-dealkylation sites (N-methyl/N-ethyl adjacent to an activating group) is 2. The Balaban J connectivity index is 2.82. The van der Waals surface area contributed by atoms with E-state index in [2.05, 4.69) is 5.18 Å². The molecule has 0 amide bonds. The van der Waals surface area contributed by atoms with Crippen LogP contribution >= 0.6 is 0 Å². The molecule has 0 aromatic heterocycles. The lowest BCUT2D eigenvalue weighted by atomic mass is 9.82. The molecular formula is C15H34BN5O5S. The summed E-state index contributed by atoms with van der Waals surface area (Å²) in [6.07, 6.45) is 1.25. The first-order valence-corrected chi connectivity index (χ1v) is 10.7. The van der Waals surface area contributed by atoms with E-state index in [1.165, 1.54) is 8.61 Å². The summed E-state index contributed by atoms with van der Waals surface area (Å²) in [6.45, 7) is 2.28. The third kappa shape index (κ3) is 8.10. The summed E-state index contributed by atoms with van der Waals surface area (Å²) in [5.41, 5.74) is 0. The van der Waals surface area contributed by atoms with Crippen LogP contribution in [0.25, 0.3) is 0 Å². The maximum absolute atomic E-state index is 13.1. The average Bonchev–Trinajstić information content (AvgIpc) is 2.97. The minimum Gasteiger partial charge on any atom is -0.427 e. The van der Waals surface area contributed by atoms with Gasteiger partial charge in [0.25, 0.3) is 10.2 Å². The van der Waals surface area contributed by atoms with Crippen LogP contribution in [-0.2, 0) is 10.2 Å². The number of rotatable bonds is 13. The predicted molar refractivity (Wildman–Crippen MR) is 106 cm³/mol. The van der Waals surface area contributed by atoms with Gasteiger partial charge in [-0.2, -0.15) is 21.9 Å². The Bertz CT molecular complexity index is 537. The molecule has 0 aromatic rings. The van der Waals surface area contributed by atoms with Crippen molar-refractivity contribution in [2.45, 2.75) is 25.2 Å². The van der Waals surface area contributed by atoms with E-state index in [0.717, 1.165) is 0 Å². The van der Waals surface area contributed by atoms with Gasteiger partial charge in [0.05, 0.1) is 0 Å². The van der Waals surface area contributed by atoms with Crippen LogP contribution in [0.2, 0.25) is 6.32 Å². The second-order valence-electron chi connectivity index (χ2n) is 7.67. The maximum atomic E-state index is 13.1. The molecule has 1 saturated heterocycles. The molecule has 10 nitrogen and oxygen atoms in total.